The van der Waals surface area contributed by atoms with E-state index in [2.05, 4.69) is 25.2 Å². The Kier molecular flexibility index (Phi) is 9.69. The van der Waals surface area contributed by atoms with Gasteiger partial charge in [-0.25, -0.2) is 0 Å². The molecule has 2 N–H and O–H groups in total. The van der Waals surface area contributed by atoms with Crippen molar-refractivity contribution in [3.05, 3.63) is 24.3 Å². The zero-order valence-corrected chi connectivity index (χ0v) is 13.0. The predicted molar refractivity (Wildman–Crippen MR) is 85.6 cm³/mol. The first kappa shape index (κ1) is 17.5. The van der Waals surface area contributed by atoms with E-state index in [-0.39, 0.29) is 6.10 Å². The molecular formula is C18H32O2. The molecule has 116 valence electrons. The number of hydrogen-bond donors (Lipinski definition) is 2. The van der Waals surface area contributed by atoms with Gasteiger partial charge in [0.25, 0.3) is 0 Å². The van der Waals surface area contributed by atoms with E-state index in [0.717, 1.165) is 25.7 Å². The molecule has 0 radical (unpaired) electrons. The minimum absolute atomic E-state index is 0.244. The summed E-state index contributed by atoms with van der Waals surface area (Å²) in [4.78, 5) is 0. The van der Waals surface area contributed by atoms with Crippen molar-refractivity contribution in [2.45, 2.75) is 70.8 Å². The second-order valence-corrected chi connectivity index (χ2v) is 5.95. The van der Waals surface area contributed by atoms with Gasteiger partial charge < -0.3 is 10.2 Å². The Balaban J connectivity index is 2.14. The first-order valence-electron chi connectivity index (χ1n) is 8.41. The first-order chi connectivity index (χ1) is 9.79. The van der Waals surface area contributed by atoms with E-state index >= 15 is 0 Å². The molecule has 0 unspecified atom stereocenters. The van der Waals surface area contributed by atoms with Crippen molar-refractivity contribution >= 4 is 0 Å². The lowest BCUT2D eigenvalue weighted by atomic mass is 9.86. The Labute approximate surface area is 124 Å². The number of aliphatic hydroxyl groups excluding tert-OH is 2. The Morgan fingerprint density at radius 1 is 0.950 bits per heavy atom. The van der Waals surface area contributed by atoms with E-state index in [9.17, 15) is 5.11 Å². The second-order valence-electron chi connectivity index (χ2n) is 5.95. The summed E-state index contributed by atoms with van der Waals surface area (Å²) in [5.74, 6) is 0.955. The molecule has 0 amide bonds. The van der Waals surface area contributed by atoms with E-state index in [1.807, 2.05) is 6.08 Å². The summed E-state index contributed by atoms with van der Waals surface area (Å²) < 4.78 is 0. The first-order valence-corrected chi connectivity index (χ1v) is 8.41. The fourth-order valence-corrected chi connectivity index (χ4v) is 3.04. The van der Waals surface area contributed by atoms with Crippen molar-refractivity contribution in [2.75, 3.05) is 6.61 Å². The third-order valence-electron chi connectivity index (χ3n) is 4.30. The van der Waals surface area contributed by atoms with Crippen molar-refractivity contribution in [2.24, 2.45) is 11.8 Å². The molecule has 0 fully saturated rings. The van der Waals surface area contributed by atoms with Gasteiger partial charge >= 0.3 is 0 Å². The Hall–Kier alpha value is -0.600. The summed E-state index contributed by atoms with van der Waals surface area (Å²) in [6.45, 7) is 2.48. The van der Waals surface area contributed by atoms with Crippen LogP contribution in [0, 0.1) is 11.8 Å². The summed E-state index contributed by atoms with van der Waals surface area (Å²) in [5.41, 5.74) is 0. The van der Waals surface area contributed by atoms with E-state index in [1.54, 1.807) is 0 Å². The topological polar surface area (TPSA) is 40.5 Å². The summed E-state index contributed by atoms with van der Waals surface area (Å²) in [7, 11) is 0. The third-order valence-corrected chi connectivity index (χ3v) is 4.30. The quantitative estimate of drug-likeness (QED) is 0.439. The van der Waals surface area contributed by atoms with Crippen LogP contribution in [0.1, 0.15) is 64.7 Å². The molecule has 1 aliphatic carbocycles. The number of rotatable bonds is 11. The van der Waals surface area contributed by atoms with Crippen LogP contribution in [-0.4, -0.2) is 22.9 Å². The van der Waals surface area contributed by atoms with Gasteiger partial charge in [-0.1, -0.05) is 63.3 Å². The van der Waals surface area contributed by atoms with Gasteiger partial charge in [0, 0.05) is 6.61 Å². The van der Waals surface area contributed by atoms with Crippen LogP contribution in [0.2, 0.25) is 0 Å². The average Bonchev–Trinajstić information content (AvgIpc) is 2.79. The maximum Gasteiger partial charge on any atom is 0.0757 e. The molecule has 0 bridgehead atoms. The van der Waals surface area contributed by atoms with Crippen molar-refractivity contribution in [1.82, 2.24) is 0 Å². The minimum atomic E-state index is -0.244. The molecule has 2 nitrogen and oxygen atoms in total. The number of unbranched alkanes of at least 4 members (excludes halogenated alkanes) is 5. The second kappa shape index (κ2) is 11.1. The maximum atomic E-state index is 10.0. The minimum Gasteiger partial charge on any atom is -0.396 e. The molecule has 20 heavy (non-hydrogen) atoms. The molecule has 0 aliphatic heterocycles. The summed E-state index contributed by atoms with van der Waals surface area (Å²) in [6.07, 6.45) is 18.8. The monoisotopic (exact) mass is 280 g/mol. The molecule has 0 saturated heterocycles. The van der Waals surface area contributed by atoms with E-state index in [4.69, 9.17) is 5.11 Å². The maximum absolute atomic E-state index is 10.0. The van der Waals surface area contributed by atoms with Gasteiger partial charge in [-0.2, -0.15) is 0 Å². The fourth-order valence-electron chi connectivity index (χ4n) is 3.04. The van der Waals surface area contributed by atoms with Gasteiger partial charge in [-0.3, -0.25) is 0 Å². The van der Waals surface area contributed by atoms with Crippen LogP contribution in [0.15, 0.2) is 24.3 Å². The Morgan fingerprint density at radius 2 is 1.65 bits per heavy atom. The zero-order valence-electron chi connectivity index (χ0n) is 13.0. The molecule has 0 aromatic rings. The van der Waals surface area contributed by atoms with Crippen LogP contribution in [0.25, 0.3) is 0 Å². The highest BCUT2D eigenvalue weighted by Crippen LogP contribution is 2.33. The molecule has 1 rings (SSSR count). The standard InChI is InChI=1S/C18H32O2/c1-2-3-8-12-17-16(13-14-18(17)20)11-9-6-4-5-7-10-15-19/h3,8,13-14,16-20H,2,4-7,9-12,15H2,1H3/b8-3-/t16-,17-,18+/m0/s1. The van der Waals surface area contributed by atoms with Gasteiger partial charge in [0.05, 0.1) is 6.10 Å². The van der Waals surface area contributed by atoms with E-state index < -0.39 is 0 Å². The van der Waals surface area contributed by atoms with Crippen molar-refractivity contribution < 1.29 is 10.2 Å². The normalized spacial score (nSPS) is 25.9. The SMILES string of the molecule is CC/C=C\C[C@@H]1[C@H](O)C=C[C@@H]1CCCCCCCCO. The largest absolute Gasteiger partial charge is 0.396 e. The molecule has 0 saturated carbocycles. The third kappa shape index (κ3) is 6.71. The van der Waals surface area contributed by atoms with Gasteiger partial charge in [0.1, 0.15) is 0 Å². The molecule has 1 aliphatic rings. The number of allylic oxidation sites excluding steroid dienone is 3. The molecular weight excluding hydrogens is 248 g/mol. The number of hydrogen-bond acceptors (Lipinski definition) is 2. The molecule has 2 heteroatoms. The molecule has 0 aromatic carbocycles. The molecule has 0 heterocycles. The number of aliphatic hydroxyl groups is 2. The highest BCUT2D eigenvalue weighted by atomic mass is 16.3. The highest BCUT2D eigenvalue weighted by molar-refractivity contribution is 5.09. The summed E-state index contributed by atoms with van der Waals surface area (Å²) in [5, 5.41) is 18.7. The Morgan fingerprint density at radius 3 is 2.35 bits per heavy atom. The van der Waals surface area contributed by atoms with Crippen LogP contribution in [-0.2, 0) is 0 Å². The van der Waals surface area contributed by atoms with Crippen molar-refractivity contribution in [1.29, 1.82) is 0 Å². The van der Waals surface area contributed by atoms with Gasteiger partial charge in [0.2, 0.25) is 0 Å². The van der Waals surface area contributed by atoms with Crippen LogP contribution in [0.5, 0.6) is 0 Å². The van der Waals surface area contributed by atoms with E-state index in [1.165, 1.54) is 32.1 Å². The van der Waals surface area contributed by atoms with Gasteiger partial charge in [-0.15, -0.1) is 0 Å². The Bertz CT molecular complexity index is 283. The summed E-state index contributed by atoms with van der Waals surface area (Å²) in [6, 6.07) is 0. The average molecular weight is 280 g/mol. The zero-order chi connectivity index (χ0) is 14.6. The van der Waals surface area contributed by atoms with Crippen molar-refractivity contribution in [3.8, 4) is 0 Å². The van der Waals surface area contributed by atoms with Crippen LogP contribution >= 0.6 is 0 Å². The molecule has 0 spiro atoms. The predicted octanol–water partition coefficient (Wildman–Crippen LogP) is 4.23. The van der Waals surface area contributed by atoms with Crippen molar-refractivity contribution in [3.63, 3.8) is 0 Å². The lowest BCUT2D eigenvalue weighted by molar-refractivity contribution is 0.139. The molecule has 3 atom stereocenters. The van der Waals surface area contributed by atoms with Gasteiger partial charge in [0.15, 0.2) is 0 Å². The van der Waals surface area contributed by atoms with E-state index in [0.29, 0.717) is 18.4 Å². The van der Waals surface area contributed by atoms with Gasteiger partial charge in [-0.05, 0) is 37.5 Å². The molecule has 0 aromatic heterocycles. The lowest BCUT2D eigenvalue weighted by Crippen LogP contribution is -2.19. The smallest absolute Gasteiger partial charge is 0.0757 e. The lowest BCUT2D eigenvalue weighted by Gasteiger charge is -2.21. The van der Waals surface area contributed by atoms with Crippen LogP contribution in [0.3, 0.4) is 0 Å². The van der Waals surface area contributed by atoms with Crippen LogP contribution < -0.4 is 0 Å². The summed E-state index contributed by atoms with van der Waals surface area (Å²) >= 11 is 0. The fraction of sp³-hybridized carbons (Fsp3) is 0.778. The van der Waals surface area contributed by atoms with Crippen LogP contribution in [0.4, 0.5) is 0 Å². The highest BCUT2D eigenvalue weighted by Gasteiger charge is 2.28.